The SMILES string of the molecule is CCC(COC)NC(=O)N1CCC[C@H](C(=O)O)C1. The minimum atomic E-state index is -0.823. The number of carboxylic acids is 1. The monoisotopic (exact) mass is 258 g/mol. The van der Waals surface area contributed by atoms with Gasteiger partial charge in [0.05, 0.1) is 18.6 Å². The fourth-order valence-electron chi connectivity index (χ4n) is 2.09. The van der Waals surface area contributed by atoms with Crippen molar-refractivity contribution in [2.45, 2.75) is 32.2 Å². The zero-order valence-electron chi connectivity index (χ0n) is 11.0. The van der Waals surface area contributed by atoms with E-state index in [1.807, 2.05) is 6.92 Å². The molecule has 0 aliphatic carbocycles. The first-order valence-electron chi connectivity index (χ1n) is 6.35. The highest BCUT2D eigenvalue weighted by Crippen LogP contribution is 2.16. The highest BCUT2D eigenvalue weighted by molar-refractivity contribution is 5.76. The first kappa shape index (κ1) is 14.8. The van der Waals surface area contributed by atoms with Gasteiger partial charge in [-0.15, -0.1) is 0 Å². The van der Waals surface area contributed by atoms with E-state index >= 15 is 0 Å². The number of likely N-dealkylation sites (tertiary alicyclic amines) is 1. The largest absolute Gasteiger partial charge is 0.481 e. The maximum atomic E-state index is 12.0. The van der Waals surface area contributed by atoms with Crippen molar-refractivity contribution in [3.8, 4) is 0 Å². The van der Waals surface area contributed by atoms with E-state index in [2.05, 4.69) is 5.32 Å². The minimum Gasteiger partial charge on any atom is -0.481 e. The maximum Gasteiger partial charge on any atom is 0.317 e. The number of carbonyl (C=O) groups excluding carboxylic acids is 1. The molecule has 1 fully saturated rings. The third kappa shape index (κ3) is 4.18. The first-order valence-corrected chi connectivity index (χ1v) is 6.35. The van der Waals surface area contributed by atoms with Gasteiger partial charge in [0.2, 0.25) is 0 Å². The predicted octanol–water partition coefficient (Wildman–Crippen LogP) is 0.918. The number of aliphatic carboxylic acids is 1. The van der Waals surface area contributed by atoms with Crippen molar-refractivity contribution in [3.05, 3.63) is 0 Å². The number of rotatable bonds is 5. The number of hydrogen-bond donors (Lipinski definition) is 2. The molecule has 0 spiro atoms. The minimum absolute atomic E-state index is 0.0206. The molecule has 0 aromatic rings. The van der Waals surface area contributed by atoms with Crippen LogP contribution in [0.4, 0.5) is 4.79 Å². The zero-order valence-corrected chi connectivity index (χ0v) is 11.0. The first-order chi connectivity index (χ1) is 8.58. The molecule has 2 amide bonds. The van der Waals surface area contributed by atoms with Gasteiger partial charge < -0.3 is 20.1 Å². The van der Waals surface area contributed by atoms with Crippen LogP contribution in [0.5, 0.6) is 0 Å². The van der Waals surface area contributed by atoms with Crippen LogP contribution < -0.4 is 5.32 Å². The molecule has 2 atom stereocenters. The summed E-state index contributed by atoms with van der Waals surface area (Å²) in [4.78, 5) is 24.5. The van der Waals surface area contributed by atoms with Crippen LogP contribution in [0.2, 0.25) is 0 Å². The third-order valence-corrected chi connectivity index (χ3v) is 3.25. The van der Waals surface area contributed by atoms with Crippen LogP contribution in [0.15, 0.2) is 0 Å². The standard InChI is InChI=1S/C12H22N2O4/c1-3-10(8-18-2)13-12(17)14-6-4-5-9(7-14)11(15)16/h9-10H,3-8H2,1-2H3,(H,13,17)(H,15,16)/t9-,10?/m0/s1. The van der Waals surface area contributed by atoms with E-state index in [1.165, 1.54) is 0 Å². The molecule has 0 bridgehead atoms. The van der Waals surface area contributed by atoms with Crippen molar-refractivity contribution < 1.29 is 19.4 Å². The van der Waals surface area contributed by atoms with Gasteiger partial charge in [-0.1, -0.05) is 6.92 Å². The summed E-state index contributed by atoms with van der Waals surface area (Å²) in [6.45, 7) is 3.36. The number of ether oxygens (including phenoxy) is 1. The molecule has 1 saturated heterocycles. The molecule has 1 aliphatic heterocycles. The summed E-state index contributed by atoms with van der Waals surface area (Å²) in [6.07, 6.45) is 2.18. The van der Waals surface area contributed by atoms with Gasteiger partial charge in [-0.25, -0.2) is 4.79 Å². The van der Waals surface area contributed by atoms with Gasteiger partial charge >= 0.3 is 12.0 Å². The van der Waals surface area contributed by atoms with Crippen LogP contribution in [0, 0.1) is 5.92 Å². The Labute approximate surface area is 107 Å². The van der Waals surface area contributed by atoms with Gasteiger partial charge in [0.1, 0.15) is 0 Å². The highest BCUT2D eigenvalue weighted by Gasteiger charge is 2.28. The Morgan fingerprint density at radius 1 is 1.56 bits per heavy atom. The molecule has 1 rings (SSSR count). The third-order valence-electron chi connectivity index (χ3n) is 3.25. The van der Waals surface area contributed by atoms with Gasteiger partial charge in [-0.2, -0.15) is 0 Å². The second-order valence-electron chi connectivity index (χ2n) is 4.63. The summed E-state index contributed by atoms with van der Waals surface area (Å²) in [5, 5.41) is 11.8. The molecular formula is C12H22N2O4. The molecule has 0 aromatic heterocycles. The number of carbonyl (C=O) groups is 2. The Hall–Kier alpha value is -1.30. The maximum absolute atomic E-state index is 12.0. The van der Waals surface area contributed by atoms with Gasteiger partial charge in [0.25, 0.3) is 0 Å². The average Bonchev–Trinajstić information content (AvgIpc) is 2.38. The molecule has 1 aliphatic rings. The van der Waals surface area contributed by atoms with Crippen LogP contribution in [0.25, 0.3) is 0 Å². The van der Waals surface area contributed by atoms with E-state index in [9.17, 15) is 9.59 Å². The van der Waals surface area contributed by atoms with Gasteiger partial charge in [0.15, 0.2) is 0 Å². The molecule has 0 aromatic carbocycles. The number of piperidine rings is 1. The smallest absolute Gasteiger partial charge is 0.317 e. The summed E-state index contributed by atoms with van der Waals surface area (Å²) >= 11 is 0. The van der Waals surface area contributed by atoms with Crippen LogP contribution >= 0.6 is 0 Å². The van der Waals surface area contributed by atoms with E-state index in [-0.39, 0.29) is 12.1 Å². The number of urea groups is 1. The summed E-state index contributed by atoms with van der Waals surface area (Å²) in [5.41, 5.74) is 0. The summed E-state index contributed by atoms with van der Waals surface area (Å²) in [5.74, 6) is -1.26. The lowest BCUT2D eigenvalue weighted by Crippen LogP contribution is -2.50. The van der Waals surface area contributed by atoms with Crippen LogP contribution in [0.1, 0.15) is 26.2 Å². The number of carboxylic acid groups (broad SMARTS) is 1. The molecule has 2 N–H and O–H groups in total. The lowest BCUT2D eigenvalue weighted by atomic mass is 9.99. The molecule has 0 saturated carbocycles. The van der Waals surface area contributed by atoms with Gasteiger partial charge in [-0.3, -0.25) is 4.79 Å². The van der Waals surface area contributed by atoms with Crippen LogP contribution in [-0.4, -0.2) is 54.9 Å². The quantitative estimate of drug-likeness (QED) is 0.768. The van der Waals surface area contributed by atoms with Gasteiger partial charge in [-0.05, 0) is 19.3 Å². The topological polar surface area (TPSA) is 78.9 Å². The zero-order chi connectivity index (χ0) is 13.5. The summed E-state index contributed by atoms with van der Waals surface area (Å²) in [6, 6.07) is -0.211. The van der Waals surface area contributed by atoms with E-state index < -0.39 is 11.9 Å². The van der Waals surface area contributed by atoms with Crippen molar-refractivity contribution in [2.24, 2.45) is 5.92 Å². The number of hydrogen-bond acceptors (Lipinski definition) is 3. The number of methoxy groups -OCH3 is 1. The molecule has 6 heteroatoms. The van der Waals surface area contributed by atoms with Crippen molar-refractivity contribution in [1.82, 2.24) is 10.2 Å². The highest BCUT2D eigenvalue weighted by atomic mass is 16.5. The number of amides is 2. The number of nitrogens with one attached hydrogen (secondary N) is 1. The fourth-order valence-corrected chi connectivity index (χ4v) is 2.09. The lowest BCUT2D eigenvalue weighted by molar-refractivity contribution is -0.143. The van der Waals surface area contributed by atoms with E-state index in [1.54, 1.807) is 12.0 Å². The molecule has 18 heavy (non-hydrogen) atoms. The molecule has 0 radical (unpaired) electrons. The van der Waals surface area contributed by atoms with Crippen LogP contribution in [-0.2, 0) is 9.53 Å². The average molecular weight is 258 g/mol. The second-order valence-corrected chi connectivity index (χ2v) is 4.63. The lowest BCUT2D eigenvalue weighted by Gasteiger charge is -2.32. The molecule has 1 heterocycles. The Bertz CT molecular complexity index is 296. The fraction of sp³-hybridized carbons (Fsp3) is 0.833. The summed E-state index contributed by atoms with van der Waals surface area (Å²) in [7, 11) is 1.59. The predicted molar refractivity (Wildman–Crippen MR) is 66.4 cm³/mol. The number of nitrogens with zero attached hydrogens (tertiary/aromatic N) is 1. The van der Waals surface area contributed by atoms with Gasteiger partial charge in [0, 0.05) is 20.2 Å². The van der Waals surface area contributed by atoms with Crippen molar-refractivity contribution in [3.63, 3.8) is 0 Å². The van der Waals surface area contributed by atoms with Crippen molar-refractivity contribution >= 4 is 12.0 Å². The van der Waals surface area contributed by atoms with Crippen LogP contribution in [0.3, 0.4) is 0 Å². The van der Waals surface area contributed by atoms with E-state index in [0.717, 1.165) is 12.8 Å². The van der Waals surface area contributed by atoms with Crippen molar-refractivity contribution in [2.75, 3.05) is 26.8 Å². The Balaban J connectivity index is 2.47. The summed E-state index contributed by atoms with van der Waals surface area (Å²) < 4.78 is 5.02. The van der Waals surface area contributed by atoms with E-state index in [0.29, 0.717) is 26.1 Å². The van der Waals surface area contributed by atoms with E-state index in [4.69, 9.17) is 9.84 Å². The van der Waals surface area contributed by atoms with Crippen molar-refractivity contribution in [1.29, 1.82) is 0 Å². The molecule has 1 unspecified atom stereocenters. The normalized spacial score (nSPS) is 21.4. The second kappa shape index (κ2) is 7.20. The Morgan fingerprint density at radius 3 is 2.83 bits per heavy atom. The molecule has 104 valence electrons. The Kier molecular flexibility index (Phi) is 5.91. The molecular weight excluding hydrogens is 236 g/mol. The molecule has 6 nitrogen and oxygen atoms in total. The Morgan fingerprint density at radius 2 is 2.28 bits per heavy atom.